The number of hydrogen-bond acceptors (Lipinski definition) is 7. The summed E-state index contributed by atoms with van der Waals surface area (Å²) >= 11 is 0. The Morgan fingerprint density at radius 1 is 0.936 bits per heavy atom. The highest BCUT2D eigenvalue weighted by molar-refractivity contribution is 5.79. The van der Waals surface area contributed by atoms with Crippen molar-refractivity contribution in [3.63, 3.8) is 0 Å². The van der Waals surface area contributed by atoms with Gasteiger partial charge < -0.3 is 9.64 Å². The molecule has 7 rings (SSSR count). The molecule has 3 fully saturated rings. The van der Waals surface area contributed by atoms with E-state index >= 15 is 0 Å². The number of methoxy groups -OCH3 is 1. The number of halogens is 3. The van der Waals surface area contributed by atoms with Crippen LogP contribution >= 0.6 is 0 Å². The molecule has 1 amide bonds. The topological polar surface area (TPSA) is 79.6 Å². The zero-order valence-electron chi connectivity index (χ0n) is 26.3. The highest BCUT2D eigenvalue weighted by Gasteiger charge is 2.44. The predicted octanol–water partition coefficient (Wildman–Crippen LogP) is 5.02. The molecule has 0 N–H and O–H groups in total. The Morgan fingerprint density at radius 2 is 1.64 bits per heavy atom. The van der Waals surface area contributed by atoms with Crippen molar-refractivity contribution < 1.29 is 22.7 Å². The van der Waals surface area contributed by atoms with Gasteiger partial charge in [-0.3, -0.25) is 14.6 Å². The molecule has 2 saturated heterocycles. The number of nitrogens with zero attached hydrogens (tertiary/aromatic N) is 7. The number of piperazine rings is 2. The van der Waals surface area contributed by atoms with E-state index in [0.717, 1.165) is 36.1 Å². The Kier molecular flexibility index (Phi) is 8.71. The van der Waals surface area contributed by atoms with Crippen LogP contribution in [0.15, 0.2) is 78.9 Å². The summed E-state index contributed by atoms with van der Waals surface area (Å²) in [5.41, 5.74) is 3.37. The first-order valence-electron chi connectivity index (χ1n) is 16.2. The summed E-state index contributed by atoms with van der Waals surface area (Å²) in [6.07, 6.45) is -1.66. The fraction of sp³-hybridized carbons (Fsp3) is 0.429. The number of carbonyl (C=O) groups is 1. The second kappa shape index (κ2) is 13.1. The van der Waals surface area contributed by atoms with Crippen LogP contribution in [0.3, 0.4) is 0 Å². The molecule has 2 aliphatic heterocycles. The van der Waals surface area contributed by atoms with Crippen LogP contribution in [-0.2, 0) is 17.5 Å². The number of carbonyl (C=O) groups excluding carboxylic acids is 1. The van der Waals surface area contributed by atoms with Gasteiger partial charge in [0.15, 0.2) is 0 Å². The average molecular weight is 646 g/mol. The molecule has 1 saturated carbocycles. The molecule has 0 bridgehead atoms. The monoisotopic (exact) mass is 645 g/mol. The van der Waals surface area contributed by atoms with Gasteiger partial charge in [-0.2, -0.15) is 17.9 Å². The lowest BCUT2D eigenvalue weighted by Crippen LogP contribution is -2.67. The summed E-state index contributed by atoms with van der Waals surface area (Å²) in [6.45, 7) is 4.00. The van der Waals surface area contributed by atoms with E-state index in [9.17, 15) is 18.0 Å². The van der Waals surface area contributed by atoms with E-state index in [4.69, 9.17) is 4.74 Å². The van der Waals surface area contributed by atoms with Crippen molar-refractivity contribution in [2.45, 2.75) is 50.0 Å². The number of aromatic nitrogens is 4. The highest BCUT2D eigenvalue weighted by atomic mass is 19.4. The zero-order chi connectivity index (χ0) is 32.5. The Labute approximate surface area is 271 Å². The molecule has 3 aromatic carbocycles. The van der Waals surface area contributed by atoms with Crippen molar-refractivity contribution in [1.82, 2.24) is 34.9 Å². The second-order valence-corrected chi connectivity index (χ2v) is 12.8. The minimum Gasteiger partial charge on any atom is -0.496 e. The molecular formula is C35H38F3N7O2. The molecule has 2 atom stereocenters. The number of amides is 1. The van der Waals surface area contributed by atoms with Gasteiger partial charge in [-0.25, -0.2) is 0 Å². The van der Waals surface area contributed by atoms with E-state index in [2.05, 4.69) is 78.8 Å². The van der Waals surface area contributed by atoms with Gasteiger partial charge in [0, 0.05) is 68.8 Å². The first-order chi connectivity index (χ1) is 22.8. The average Bonchev–Trinajstić information content (AvgIpc) is 3.56. The van der Waals surface area contributed by atoms with E-state index in [0.29, 0.717) is 38.5 Å². The Hall–Kier alpha value is -4.29. The summed E-state index contributed by atoms with van der Waals surface area (Å²) in [5.74, 6) is -0.140. The molecule has 0 spiro atoms. The molecule has 3 heterocycles. The summed E-state index contributed by atoms with van der Waals surface area (Å²) in [4.78, 5) is 20.4. The number of hydrogen-bond donors (Lipinski definition) is 0. The number of benzene rings is 3. The van der Waals surface area contributed by atoms with Crippen LogP contribution in [0.4, 0.5) is 13.2 Å². The Morgan fingerprint density at radius 3 is 2.26 bits per heavy atom. The maximum atomic E-state index is 13.7. The smallest absolute Gasteiger partial charge is 0.453 e. The third-order valence-electron chi connectivity index (χ3n) is 9.96. The van der Waals surface area contributed by atoms with Crippen LogP contribution < -0.4 is 4.74 Å². The lowest BCUT2D eigenvalue weighted by atomic mass is 9.81. The third kappa shape index (κ3) is 6.36. The molecule has 0 unspecified atom stereocenters. The molecule has 12 heteroatoms. The van der Waals surface area contributed by atoms with Crippen molar-refractivity contribution in [2.75, 3.05) is 39.8 Å². The van der Waals surface area contributed by atoms with Crippen LogP contribution in [0, 0.1) is 5.92 Å². The first kappa shape index (κ1) is 31.3. The molecule has 1 aromatic heterocycles. The summed E-state index contributed by atoms with van der Waals surface area (Å²) in [7, 11) is 1.56. The van der Waals surface area contributed by atoms with E-state index in [1.54, 1.807) is 19.2 Å². The van der Waals surface area contributed by atoms with Gasteiger partial charge in [-0.05, 0) is 52.6 Å². The second-order valence-electron chi connectivity index (χ2n) is 12.8. The van der Waals surface area contributed by atoms with Gasteiger partial charge in [0.05, 0.1) is 12.8 Å². The number of fused-ring (bicyclic) bond motifs is 1. The van der Waals surface area contributed by atoms with Crippen molar-refractivity contribution in [1.29, 1.82) is 0 Å². The SMILES string of the molecule is COc1ccc(-n2nnnc2C(F)(F)F)cc1CN1C[C@@H]2CN(C(=O)C3CCC3)CCN2[C@H](C(c2ccccc2)c2ccccc2)C1. The van der Waals surface area contributed by atoms with E-state index in [1.807, 2.05) is 12.1 Å². The van der Waals surface area contributed by atoms with E-state index in [1.165, 1.54) is 17.2 Å². The zero-order valence-corrected chi connectivity index (χ0v) is 26.3. The van der Waals surface area contributed by atoms with Gasteiger partial charge in [0.25, 0.3) is 5.82 Å². The number of alkyl halides is 3. The fourth-order valence-electron chi connectivity index (χ4n) is 7.51. The van der Waals surface area contributed by atoms with E-state index < -0.39 is 12.0 Å². The van der Waals surface area contributed by atoms with Crippen LogP contribution in [0.5, 0.6) is 5.75 Å². The molecule has 47 heavy (non-hydrogen) atoms. The van der Waals surface area contributed by atoms with Gasteiger partial charge in [-0.15, -0.1) is 5.10 Å². The Bertz CT molecular complexity index is 1640. The lowest BCUT2D eigenvalue weighted by Gasteiger charge is -2.54. The molecule has 3 aliphatic rings. The van der Waals surface area contributed by atoms with Gasteiger partial charge in [-0.1, -0.05) is 67.1 Å². The third-order valence-corrected chi connectivity index (χ3v) is 9.96. The van der Waals surface area contributed by atoms with Gasteiger partial charge in [0.1, 0.15) is 5.75 Å². The molecule has 1 aliphatic carbocycles. The van der Waals surface area contributed by atoms with Gasteiger partial charge in [0.2, 0.25) is 5.91 Å². The first-order valence-corrected chi connectivity index (χ1v) is 16.2. The Balaban J connectivity index is 1.24. The summed E-state index contributed by atoms with van der Waals surface area (Å²) in [5, 5.41) is 10.2. The predicted molar refractivity (Wildman–Crippen MR) is 169 cm³/mol. The van der Waals surface area contributed by atoms with Crippen LogP contribution in [-0.4, -0.2) is 92.7 Å². The van der Waals surface area contributed by atoms with Crippen molar-refractivity contribution >= 4 is 5.91 Å². The molecular weight excluding hydrogens is 607 g/mol. The maximum absolute atomic E-state index is 13.7. The van der Waals surface area contributed by atoms with Gasteiger partial charge >= 0.3 is 6.18 Å². The maximum Gasteiger partial charge on any atom is 0.453 e. The quantitative estimate of drug-likeness (QED) is 0.266. The fourth-order valence-corrected chi connectivity index (χ4v) is 7.51. The van der Waals surface area contributed by atoms with Crippen molar-refractivity contribution in [2.24, 2.45) is 5.92 Å². The van der Waals surface area contributed by atoms with Crippen LogP contribution in [0.25, 0.3) is 5.69 Å². The summed E-state index contributed by atoms with van der Waals surface area (Å²) in [6, 6.07) is 26.1. The standard InChI is InChI=1S/C35H38F3N7O2/c1-47-31-16-15-28(45-34(35(36,37)38)39-40-41-45)19-27(31)20-42-21-29-22-43(33(46)26-13-8-14-26)17-18-44(29)30(23-42)32(24-9-4-2-5-10-24)25-11-6-3-7-12-25/h2-7,9-12,15-16,19,26,29-30,32H,8,13-14,17-18,20-23H2,1H3/t29-,30+/m1/s1. The number of tetrazole rings is 1. The molecule has 0 radical (unpaired) electrons. The molecule has 9 nitrogen and oxygen atoms in total. The van der Waals surface area contributed by atoms with Crippen LogP contribution in [0.2, 0.25) is 0 Å². The minimum absolute atomic E-state index is 0.0698. The van der Waals surface area contributed by atoms with Crippen LogP contribution in [0.1, 0.15) is 47.7 Å². The minimum atomic E-state index is -4.71. The largest absolute Gasteiger partial charge is 0.496 e. The molecule has 246 valence electrons. The van der Waals surface area contributed by atoms with E-state index in [-0.39, 0.29) is 35.5 Å². The number of ether oxygens (including phenoxy) is 1. The highest BCUT2D eigenvalue weighted by Crippen LogP contribution is 2.38. The van der Waals surface area contributed by atoms with Crippen molar-refractivity contribution in [3.05, 3.63) is 101 Å². The van der Waals surface area contributed by atoms with Crippen molar-refractivity contribution in [3.8, 4) is 11.4 Å². The molecule has 4 aromatic rings. The summed E-state index contributed by atoms with van der Waals surface area (Å²) < 4.78 is 47.4. The number of rotatable bonds is 8. The lowest BCUT2D eigenvalue weighted by molar-refractivity contribution is -0.146. The normalized spacial score (nSPS) is 21.0.